The molecule has 0 aliphatic heterocycles. The van der Waals surface area contributed by atoms with Crippen LogP contribution < -0.4 is 16.0 Å². The molecule has 0 aromatic rings. The van der Waals surface area contributed by atoms with E-state index in [1.165, 1.54) is 25.7 Å². The Labute approximate surface area is 188 Å². The lowest BCUT2D eigenvalue weighted by Gasteiger charge is -2.30. The first-order chi connectivity index (χ1) is 12.8. The maximum Gasteiger partial charge on any atom is 0.407 e. The van der Waals surface area contributed by atoms with E-state index in [4.69, 9.17) is 9.47 Å². The van der Waals surface area contributed by atoms with Crippen LogP contribution in [0.3, 0.4) is 0 Å². The van der Waals surface area contributed by atoms with Crippen LogP contribution in [0, 0.1) is 5.41 Å². The molecule has 0 atom stereocenters. The first-order valence-corrected chi connectivity index (χ1v) is 10.3. The number of amides is 1. The second kappa shape index (κ2) is 14.3. The maximum atomic E-state index is 11.6. The molecule has 0 aromatic heterocycles. The quantitative estimate of drug-likeness (QED) is 0.180. The zero-order chi connectivity index (χ0) is 20.2. The van der Waals surface area contributed by atoms with Crippen molar-refractivity contribution in [2.75, 3.05) is 39.9 Å². The van der Waals surface area contributed by atoms with Crippen LogP contribution >= 0.6 is 24.0 Å². The molecule has 3 N–H and O–H groups in total. The van der Waals surface area contributed by atoms with E-state index >= 15 is 0 Å². The Morgan fingerprint density at radius 2 is 1.75 bits per heavy atom. The lowest BCUT2D eigenvalue weighted by molar-refractivity contribution is 0.0527. The molecule has 0 saturated heterocycles. The first kappa shape index (κ1) is 27.2. The normalized spacial score (nSPS) is 16.2. The van der Waals surface area contributed by atoms with Crippen molar-refractivity contribution in [2.45, 2.75) is 71.8 Å². The Balaban J connectivity index is 0.00000729. The van der Waals surface area contributed by atoms with Gasteiger partial charge in [0, 0.05) is 39.9 Å². The van der Waals surface area contributed by atoms with Gasteiger partial charge in [-0.25, -0.2) is 4.79 Å². The van der Waals surface area contributed by atoms with Crippen molar-refractivity contribution in [3.8, 4) is 0 Å². The van der Waals surface area contributed by atoms with E-state index in [0.717, 1.165) is 45.1 Å². The predicted octanol–water partition coefficient (Wildman–Crippen LogP) is 3.67. The highest BCUT2D eigenvalue weighted by molar-refractivity contribution is 14.0. The van der Waals surface area contributed by atoms with Crippen LogP contribution in [0.5, 0.6) is 0 Å². The molecule has 0 unspecified atom stereocenters. The number of ether oxygens (including phenoxy) is 2. The predicted molar refractivity (Wildman–Crippen MR) is 126 cm³/mol. The van der Waals surface area contributed by atoms with E-state index in [1.807, 2.05) is 27.7 Å². The van der Waals surface area contributed by atoms with E-state index < -0.39 is 5.60 Å². The molecule has 8 heteroatoms. The van der Waals surface area contributed by atoms with E-state index in [-0.39, 0.29) is 30.1 Å². The molecule has 0 radical (unpaired) electrons. The van der Waals surface area contributed by atoms with E-state index in [0.29, 0.717) is 12.0 Å². The molecule has 7 nitrogen and oxygen atoms in total. The molecule has 1 aliphatic carbocycles. The fourth-order valence-corrected chi connectivity index (χ4v) is 3.36. The molecule has 166 valence electrons. The Bertz CT molecular complexity index is 461. The third kappa shape index (κ3) is 11.9. The summed E-state index contributed by atoms with van der Waals surface area (Å²) in [5.41, 5.74) is -0.141. The Morgan fingerprint density at radius 3 is 2.32 bits per heavy atom. The largest absolute Gasteiger partial charge is 0.444 e. The Kier molecular flexibility index (Phi) is 13.9. The highest BCUT2D eigenvalue weighted by Gasteiger charge is 2.33. The number of hydrogen-bond donors (Lipinski definition) is 3. The van der Waals surface area contributed by atoms with Crippen LogP contribution in [0.1, 0.15) is 66.2 Å². The molecular weight excluding hydrogens is 471 g/mol. The van der Waals surface area contributed by atoms with E-state index in [1.54, 1.807) is 7.05 Å². The van der Waals surface area contributed by atoms with E-state index in [9.17, 15) is 4.79 Å². The monoisotopic (exact) mass is 512 g/mol. The number of aliphatic imine (C=N–C) groups is 1. The molecule has 1 fully saturated rings. The molecular formula is C20H41IN4O3. The van der Waals surface area contributed by atoms with Crippen molar-refractivity contribution in [3.63, 3.8) is 0 Å². The maximum absolute atomic E-state index is 11.6. The third-order valence-corrected chi connectivity index (χ3v) is 4.81. The smallest absolute Gasteiger partial charge is 0.407 e. The Morgan fingerprint density at radius 1 is 1.11 bits per heavy atom. The molecule has 28 heavy (non-hydrogen) atoms. The first-order valence-electron chi connectivity index (χ1n) is 10.3. The third-order valence-electron chi connectivity index (χ3n) is 4.81. The summed E-state index contributed by atoms with van der Waals surface area (Å²) in [4.78, 5) is 15.9. The summed E-state index contributed by atoms with van der Waals surface area (Å²) < 4.78 is 10.8. The number of carbonyl (C=O) groups excluding carboxylic acids is 1. The summed E-state index contributed by atoms with van der Waals surface area (Å²) in [6.45, 7) is 11.5. The number of halogens is 1. The Hall–Kier alpha value is -0.770. The SMILES string of the molecule is CCOCCC1(CNC(=NC)NCCCNC(=O)OC(C)(C)C)CCCC1.I. The average molecular weight is 512 g/mol. The number of carbonyl (C=O) groups is 1. The number of alkyl carbamates (subject to hydrolysis) is 1. The van der Waals surface area contributed by atoms with Gasteiger partial charge >= 0.3 is 6.09 Å². The second-order valence-corrected chi connectivity index (χ2v) is 8.29. The summed E-state index contributed by atoms with van der Waals surface area (Å²) in [7, 11) is 1.79. The number of hydrogen-bond acceptors (Lipinski definition) is 4. The van der Waals surface area contributed by atoms with Gasteiger partial charge in [0.15, 0.2) is 5.96 Å². The summed E-state index contributed by atoms with van der Waals surface area (Å²) in [6.07, 6.45) is 6.64. The fraction of sp³-hybridized carbons (Fsp3) is 0.900. The fourth-order valence-electron chi connectivity index (χ4n) is 3.36. The van der Waals surface area contributed by atoms with Gasteiger partial charge in [0.2, 0.25) is 0 Å². The molecule has 1 rings (SSSR count). The summed E-state index contributed by atoms with van der Waals surface area (Å²) in [5, 5.41) is 9.56. The van der Waals surface area contributed by atoms with Crippen LogP contribution in [-0.2, 0) is 9.47 Å². The van der Waals surface area contributed by atoms with Crippen LogP contribution in [0.4, 0.5) is 4.79 Å². The van der Waals surface area contributed by atoms with Crippen molar-refractivity contribution in [3.05, 3.63) is 0 Å². The minimum absolute atomic E-state index is 0. The average Bonchev–Trinajstić information content (AvgIpc) is 3.05. The van der Waals surface area contributed by atoms with Crippen LogP contribution in [0.25, 0.3) is 0 Å². The number of nitrogens with one attached hydrogen (secondary N) is 3. The standard InChI is InChI=1S/C20H40N4O3.HI/c1-6-26-15-12-20(10-7-8-11-20)16-24-17(21-5)22-13-9-14-23-18(25)27-19(2,3)4;/h6-16H2,1-5H3,(H,23,25)(H2,21,22,24);1H. The highest BCUT2D eigenvalue weighted by Crippen LogP contribution is 2.40. The lowest BCUT2D eigenvalue weighted by atomic mass is 9.83. The zero-order valence-corrected chi connectivity index (χ0v) is 20.7. The van der Waals surface area contributed by atoms with E-state index in [2.05, 4.69) is 20.9 Å². The summed E-state index contributed by atoms with van der Waals surface area (Å²) >= 11 is 0. The minimum atomic E-state index is -0.466. The van der Waals surface area contributed by atoms with Crippen molar-refractivity contribution < 1.29 is 14.3 Å². The minimum Gasteiger partial charge on any atom is -0.444 e. The van der Waals surface area contributed by atoms with Crippen molar-refractivity contribution in [1.82, 2.24) is 16.0 Å². The van der Waals surface area contributed by atoms with Crippen LogP contribution in [0.15, 0.2) is 4.99 Å². The van der Waals surface area contributed by atoms with Gasteiger partial charge in [-0.2, -0.15) is 0 Å². The second-order valence-electron chi connectivity index (χ2n) is 8.29. The highest BCUT2D eigenvalue weighted by atomic mass is 127. The van der Waals surface area contributed by atoms with Gasteiger partial charge in [0.05, 0.1) is 0 Å². The van der Waals surface area contributed by atoms with Gasteiger partial charge in [-0.1, -0.05) is 12.8 Å². The lowest BCUT2D eigenvalue weighted by Crippen LogP contribution is -2.44. The zero-order valence-electron chi connectivity index (χ0n) is 18.4. The van der Waals surface area contributed by atoms with Crippen LogP contribution in [-0.4, -0.2) is 57.5 Å². The molecule has 1 amide bonds. The summed E-state index contributed by atoms with van der Waals surface area (Å²) in [6, 6.07) is 0. The van der Waals surface area contributed by atoms with Crippen molar-refractivity contribution in [2.24, 2.45) is 10.4 Å². The van der Waals surface area contributed by atoms with Gasteiger partial charge < -0.3 is 25.4 Å². The molecule has 0 spiro atoms. The van der Waals surface area contributed by atoms with Crippen molar-refractivity contribution >= 4 is 36.0 Å². The molecule has 1 aliphatic rings. The van der Waals surface area contributed by atoms with Crippen molar-refractivity contribution in [1.29, 1.82) is 0 Å². The number of nitrogens with zero attached hydrogens (tertiary/aromatic N) is 1. The molecule has 0 aromatic carbocycles. The molecule has 1 saturated carbocycles. The van der Waals surface area contributed by atoms with Gasteiger partial charge in [-0.3, -0.25) is 4.99 Å². The topological polar surface area (TPSA) is 84.0 Å². The summed E-state index contributed by atoms with van der Waals surface area (Å²) in [5.74, 6) is 0.815. The van der Waals surface area contributed by atoms with Gasteiger partial charge in [0.1, 0.15) is 5.60 Å². The molecule has 0 bridgehead atoms. The number of rotatable bonds is 10. The van der Waals surface area contributed by atoms with Gasteiger partial charge in [0.25, 0.3) is 0 Å². The number of guanidine groups is 1. The van der Waals surface area contributed by atoms with Crippen LogP contribution in [0.2, 0.25) is 0 Å². The molecule has 0 heterocycles. The van der Waals surface area contributed by atoms with Gasteiger partial charge in [-0.05, 0) is 58.8 Å². The van der Waals surface area contributed by atoms with Gasteiger partial charge in [-0.15, -0.1) is 24.0 Å².